The molecule has 0 spiro atoms. The maximum Gasteiger partial charge on any atom is 0.277 e. The molecule has 0 aliphatic heterocycles. The molecule has 0 atom stereocenters. The fourth-order valence-corrected chi connectivity index (χ4v) is 7.61. The van der Waals surface area contributed by atoms with Crippen LogP contribution >= 0.6 is 0 Å². The van der Waals surface area contributed by atoms with Gasteiger partial charge in [-0.3, -0.25) is 18.4 Å². The summed E-state index contributed by atoms with van der Waals surface area (Å²) >= 11 is 0. The van der Waals surface area contributed by atoms with Crippen molar-refractivity contribution in [2.75, 3.05) is 0 Å². The number of benzene rings is 5. The molecule has 9 rings (SSSR count). The van der Waals surface area contributed by atoms with Crippen LogP contribution in [-0.2, 0) is 13.1 Å². The highest BCUT2D eigenvalue weighted by Crippen LogP contribution is 2.35. The quantitative estimate of drug-likeness (QED) is 0.160. The fraction of sp³-hybridized carbons (Fsp3) is 0.136. The van der Waals surface area contributed by atoms with Gasteiger partial charge in [-0.1, -0.05) is 117 Å². The van der Waals surface area contributed by atoms with E-state index in [9.17, 15) is 9.59 Å². The van der Waals surface area contributed by atoms with Crippen LogP contribution in [0.5, 0.6) is 0 Å². The summed E-state index contributed by atoms with van der Waals surface area (Å²) < 4.78 is 7.78. The number of hydrogen-bond acceptors (Lipinski definition) is 4. The smallest absolute Gasteiger partial charge is 0.277 e. The topological polar surface area (TPSA) is 78.6 Å². The molecule has 0 bridgehead atoms. The first-order valence-corrected chi connectivity index (χ1v) is 17.9. The van der Waals surface area contributed by atoms with Crippen LogP contribution in [0.2, 0.25) is 0 Å². The van der Waals surface area contributed by atoms with Gasteiger partial charge in [0, 0.05) is 35.3 Å². The van der Waals surface area contributed by atoms with E-state index < -0.39 is 0 Å². The van der Waals surface area contributed by atoms with Crippen molar-refractivity contribution < 1.29 is 0 Å². The van der Waals surface area contributed by atoms with Gasteiger partial charge in [-0.05, 0) is 43.2 Å². The van der Waals surface area contributed by atoms with Gasteiger partial charge in [0.1, 0.15) is 34.1 Å². The Morgan fingerprint density at radius 1 is 0.442 bits per heavy atom. The lowest BCUT2D eigenvalue weighted by Crippen LogP contribution is -2.23. The molecule has 0 saturated heterocycles. The van der Waals surface area contributed by atoms with Crippen molar-refractivity contribution in [1.29, 1.82) is 0 Å². The summed E-state index contributed by atoms with van der Waals surface area (Å²) in [5, 5.41) is 0. The Hall–Kier alpha value is -6.54. The zero-order valence-electron chi connectivity index (χ0n) is 29.0. The van der Waals surface area contributed by atoms with Crippen molar-refractivity contribution >= 4 is 33.1 Å². The molecule has 0 radical (unpaired) electrons. The molecule has 0 aliphatic rings. The molecule has 8 heteroatoms. The fourth-order valence-electron chi connectivity index (χ4n) is 7.61. The predicted molar refractivity (Wildman–Crippen MR) is 210 cm³/mol. The van der Waals surface area contributed by atoms with Crippen LogP contribution < -0.4 is 11.1 Å². The second-order valence-corrected chi connectivity index (χ2v) is 13.1. The number of aromatic nitrogens is 6. The van der Waals surface area contributed by atoms with E-state index in [2.05, 4.69) is 32.0 Å². The molecular weight excluding hydrogens is 645 g/mol. The van der Waals surface area contributed by atoms with E-state index >= 15 is 0 Å². The summed E-state index contributed by atoms with van der Waals surface area (Å²) in [6.45, 7) is 5.37. The lowest BCUT2D eigenvalue weighted by Gasteiger charge is -2.14. The minimum absolute atomic E-state index is 0.0733. The van der Waals surface area contributed by atoms with E-state index in [4.69, 9.17) is 9.97 Å². The van der Waals surface area contributed by atoms with Crippen molar-refractivity contribution in [3.8, 4) is 45.3 Å². The van der Waals surface area contributed by atoms with Crippen LogP contribution in [0.4, 0.5) is 0 Å². The average Bonchev–Trinajstić information content (AvgIpc) is 3.80. The highest BCUT2D eigenvalue weighted by atomic mass is 16.1. The molecule has 8 nitrogen and oxygen atoms in total. The Balaban J connectivity index is 1.36. The van der Waals surface area contributed by atoms with Crippen LogP contribution in [-0.4, -0.2) is 27.9 Å². The number of aryl methyl sites for hydroxylation is 2. The first kappa shape index (κ1) is 31.4. The molecule has 4 heterocycles. The Labute approximate surface area is 299 Å². The van der Waals surface area contributed by atoms with Crippen molar-refractivity contribution in [2.45, 2.75) is 39.8 Å². The Morgan fingerprint density at radius 2 is 0.808 bits per heavy atom. The summed E-state index contributed by atoms with van der Waals surface area (Å²) in [6.07, 6.45) is 1.65. The average molecular weight is 681 g/mol. The summed E-state index contributed by atoms with van der Waals surface area (Å²) in [6, 6.07) is 44.0. The standard InChI is InChI=1S/C44H36N6O2/c1-3-26-47-33-22-11-13-24-35(33)49-39(43(47)51)37(29-16-7-5-8-17-29)45-41(49)31-20-15-21-32(28-31)42-46-38(30-18-9-6-10-19-30)40-44(52)48(27-4-2)34-23-12-14-25-36(34)50(40)42/h5-25,28H,3-4,26-27H2,1-2H3. The second-order valence-electron chi connectivity index (χ2n) is 13.1. The molecule has 254 valence electrons. The van der Waals surface area contributed by atoms with Crippen molar-refractivity contribution in [3.05, 3.63) is 154 Å². The van der Waals surface area contributed by atoms with Crippen LogP contribution in [0.25, 0.3) is 78.4 Å². The molecule has 0 fully saturated rings. The lowest BCUT2D eigenvalue weighted by molar-refractivity contribution is 0.678. The van der Waals surface area contributed by atoms with Crippen LogP contribution in [0.3, 0.4) is 0 Å². The van der Waals surface area contributed by atoms with Crippen molar-refractivity contribution in [1.82, 2.24) is 27.9 Å². The zero-order valence-corrected chi connectivity index (χ0v) is 29.0. The van der Waals surface area contributed by atoms with E-state index in [1.165, 1.54) is 0 Å². The van der Waals surface area contributed by atoms with E-state index in [0.29, 0.717) is 47.2 Å². The summed E-state index contributed by atoms with van der Waals surface area (Å²) in [5.41, 5.74) is 9.15. The number of imidazole rings is 2. The molecule has 9 aromatic rings. The number of fused-ring (bicyclic) bond motifs is 6. The molecule has 0 saturated carbocycles. The Morgan fingerprint density at radius 3 is 1.21 bits per heavy atom. The van der Waals surface area contributed by atoms with Gasteiger partial charge in [0.15, 0.2) is 0 Å². The van der Waals surface area contributed by atoms with E-state index in [0.717, 1.165) is 57.2 Å². The highest BCUT2D eigenvalue weighted by Gasteiger charge is 2.25. The molecule has 52 heavy (non-hydrogen) atoms. The van der Waals surface area contributed by atoms with E-state index in [1.54, 1.807) is 0 Å². The normalized spacial score (nSPS) is 11.7. The molecule has 0 N–H and O–H groups in total. The minimum Gasteiger partial charge on any atom is -0.305 e. The first-order valence-electron chi connectivity index (χ1n) is 17.9. The number of para-hydroxylation sites is 4. The van der Waals surface area contributed by atoms with E-state index in [1.807, 2.05) is 133 Å². The SMILES string of the molecule is CCCn1c(=O)c2c(-c3ccccc3)nc(-c3cccc(-c4nc(-c5ccccc5)c5c(=O)n(CCC)c6ccccc6n45)c3)n2c2ccccc21. The summed E-state index contributed by atoms with van der Waals surface area (Å²) in [4.78, 5) is 39.4. The van der Waals surface area contributed by atoms with Gasteiger partial charge in [0.05, 0.1) is 22.1 Å². The van der Waals surface area contributed by atoms with Gasteiger partial charge in [0.2, 0.25) is 0 Å². The second kappa shape index (κ2) is 12.7. The predicted octanol–water partition coefficient (Wildman–Crippen LogP) is 9.10. The maximum absolute atomic E-state index is 14.4. The number of nitrogens with zero attached hydrogens (tertiary/aromatic N) is 6. The minimum atomic E-state index is -0.0733. The number of hydrogen-bond donors (Lipinski definition) is 0. The van der Waals surface area contributed by atoms with Crippen LogP contribution in [0.1, 0.15) is 26.7 Å². The third kappa shape index (κ3) is 4.82. The van der Waals surface area contributed by atoms with Gasteiger partial charge >= 0.3 is 0 Å². The first-order chi connectivity index (χ1) is 25.6. The van der Waals surface area contributed by atoms with Gasteiger partial charge in [-0.2, -0.15) is 0 Å². The van der Waals surface area contributed by atoms with Gasteiger partial charge in [-0.15, -0.1) is 0 Å². The zero-order chi connectivity index (χ0) is 35.3. The number of rotatable bonds is 8. The molecule has 4 aromatic heterocycles. The van der Waals surface area contributed by atoms with Crippen LogP contribution in [0, 0.1) is 0 Å². The lowest BCUT2D eigenvalue weighted by atomic mass is 10.1. The van der Waals surface area contributed by atoms with Crippen molar-refractivity contribution in [3.63, 3.8) is 0 Å². The Bertz CT molecular complexity index is 2720. The summed E-state index contributed by atoms with van der Waals surface area (Å²) in [7, 11) is 0. The van der Waals surface area contributed by atoms with E-state index in [-0.39, 0.29) is 11.1 Å². The van der Waals surface area contributed by atoms with Gasteiger partial charge in [-0.25, -0.2) is 9.97 Å². The van der Waals surface area contributed by atoms with Crippen molar-refractivity contribution in [2.24, 2.45) is 0 Å². The molecule has 0 aliphatic carbocycles. The largest absolute Gasteiger partial charge is 0.305 e. The summed E-state index contributed by atoms with van der Waals surface area (Å²) in [5.74, 6) is 1.32. The molecule has 5 aromatic carbocycles. The molecular formula is C44H36N6O2. The Kier molecular flexibility index (Phi) is 7.65. The highest BCUT2D eigenvalue weighted by molar-refractivity contribution is 5.91. The molecule has 0 amide bonds. The third-order valence-corrected chi connectivity index (χ3v) is 9.85. The van der Waals surface area contributed by atoms with Gasteiger partial charge in [0.25, 0.3) is 11.1 Å². The van der Waals surface area contributed by atoms with Gasteiger partial charge < -0.3 is 9.13 Å². The maximum atomic E-state index is 14.4. The molecule has 0 unspecified atom stereocenters. The van der Waals surface area contributed by atoms with Crippen LogP contribution in [0.15, 0.2) is 143 Å². The monoisotopic (exact) mass is 680 g/mol. The third-order valence-electron chi connectivity index (χ3n) is 9.85.